The van der Waals surface area contributed by atoms with Crippen molar-refractivity contribution in [3.63, 3.8) is 0 Å². The van der Waals surface area contributed by atoms with Crippen molar-refractivity contribution < 1.29 is 14.3 Å². The number of fused-ring (bicyclic) bond motifs is 2. The van der Waals surface area contributed by atoms with Crippen molar-refractivity contribution in [3.8, 4) is 6.01 Å². The fraction of sp³-hybridized carbons (Fsp3) is 0.452. The smallest absolute Gasteiger partial charge is 0.318 e. The molecule has 8 nitrogen and oxygen atoms in total. The Morgan fingerprint density at radius 2 is 2.02 bits per heavy atom. The normalized spacial score (nSPS) is 23.3. The lowest BCUT2D eigenvalue weighted by atomic mass is 9.94. The van der Waals surface area contributed by atoms with Crippen molar-refractivity contribution in [3.05, 3.63) is 70.9 Å². The minimum absolute atomic E-state index is 0.0409. The first-order valence-electron chi connectivity index (χ1n) is 14.1. The van der Waals surface area contributed by atoms with E-state index < -0.39 is 0 Å². The van der Waals surface area contributed by atoms with Crippen LogP contribution in [0.4, 0.5) is 5.82 Å². The van der Waals surface area contributed by atoms with Gasteiger partial charge in [0.25, 0.3) is 0 Å². The van der Waals surface area contributed by atoms with Gasteiger partial charge in [0.1, 0.15) is 12.4 Å². The van der Waals surface area contributed by atoms with E-state index in [2.05, 4.69) is 54.6 Å². The molecule has 1 amide bonds. The lowest BCUT2D eigenvalue weighted by Gasteiger charge is -2.41. The molecule has 1 aromatic heterocycles. The van der Waals surface area contributed by atoms with Crippen LogP contribution >= 0.6 is 11.6 Å². The third kappa shape index (κ3) is 5.16. The average Bonchev–Trinajstić information content (AvgIpc) is 3.39. The summed E-state index contributed by atoms with van der Waals surface area (Å²) in [6.07, 6.45) is 4.08. The molecule has 1 unspecified atom stereocenters. The third-order valence-electron chi connectivity index (χ3n) is 8.55. The Balaban J connectivity index is 1.33. The molecular formula is C31H36ClN5O3. The van der Waals surface area contributed by atoms with E-state index in [1.54, 1.807) is 0 Å². The van der Waals surface area contributed by atoms with Gasteiger partial charge in [-0.15, -0.1) is 0 Å². The van der Waals surface area contributed by atoms with Gasteiger partial charge in [-0.05, 0) is 56.4 Å². The number of rotatable bonds is 6. The Bertz CT molecular complexity index is 1430. The van der Waals surface area contributed by atoms with Gasteiger partial charge in [-0.3, -0.25) is 4.79 Å². The molecule has 0 radical (unpaired) electrons. The average molecular weight is 562 g/mol. The Morgan fingerprint density at radius 1 is 1.20 bits per heavy atom. The van der Waals surface area contributed by atoms with Gasteiger partial charge in [0.05, 0.1) is 18.4 Å². The van der Waals surface area contributed by atoms with Crippen LogP contribution in [0.15, 0.2) is 49.1 Å². The molecule has 210 valence electrons. The fourth-order valence-electron chi connectivity index (χ4n) is 6.29. The minimum atomic E-state index is -0.188. The van der Waals surface area contributed by atoms with Crippen LogP contribution in [0.5, 0.6) is 6.01 Å². The topological polar surface area (TPSA) is 71.0 Å². The molecule has 0 N–H and O–H groups in total. The Morgan fingerprint density at radius 3 is 2.77 bits per heavy atom. The van der Waals surface area contributed by atoms with Crippen LogP contribution in [0.3, 0.4) is 0 Å². The van der Waals surface area contributed by atoms with Gasteiger partial charge in [0.2, 0.25) is 5.91 Å². The van der Waals surface area contributed by atoms with Gasteiger partial charge in [-0.2, -0.15) is 9.97 Å². The number of carbonyl (C=O) groups excluding carboxylic acids is 1. The molecule has 2 aromatic carbocycles. The van der Waals surface area contributed by atoms with Gasteiger partial charge in [0.15, 0.2) is 0 Å². The zero-order chi connectivity index (χ0) is 27.8. The zero-order valence-electron chi connectivity index (χ0n) is 23.2. The van der Waals surface area contributed by atoms with Crippen LogP contribution < -0.4 is 9.64 Å². The fourth-order valence-corrected chi connectivity index (χ4v) is 6.58. The number of halogens is 1. The van der Waals surface area contributed by atoms with Crippen LogP contribution in [0.1, 0.15) is 42.7 Å². The standard InChI is InChI=1S/C31H36ClN5O3/c1-4-28(38)36-14-15-37(20(2)17-36)30-24-19-39-27(23-11-5-8-21-9-6-12-25(32)29(21)23)16-26(24)33-31(34-30)40-18-22-10-7-13-35(22)3/h4-6,8-9,11-12,20,22,27H,1,7,10,13-19H2,2-3H3/t20-,22-,27?/m0/s1. The van der Waals surface area contributed by atoms with Crippen molar-refractivity contribution in [1.82, 2.24) is 19.8 Å². The first-order valence-corrected chi connectivity index (χ1v) is 14.5. The van der Waals surface area contributed by atoms with E-state index in [1.165, 1.54) is 12.5 Å². The van der Waals surface area contributed by atoms with Gasteiger partial charge in [-0.25, -0.2) is 0 Å². The second kappa shape index (κ2) is 11.4. The maximum absolute atomic E-state index is 12.3. The summed E-state index contributed by atoms with van der Waals surface area (Å²) in [5.74, 6) is 0.799. The second-order valence-corrected chi connectivity index (χ2v) is 11.5. The van der Waals surface area contributed by atoms with E-state index in [-0.39, 0.29) is 18.1 Å². The van der Waals surface area contributed by atoms with Crippen molar-refractivity contribution in [2.75, 3.05) is 44.7 Å². The summed E-state index contributed by atoms with van der Waals surface area (Å²) in [5.41, 5.74) is 2.99. The minimum Gasteiger partial charge on any atom is -0.462 e. The number of likely N-dealkylation sites (tertiary alicyclic amines) is 1. The van der Waals surface area contributed by atoms with E-state index >= 15 is 0 Å². The molecule has 2 saturated heterocycles. The first-order chi connectivity index (χ1) is 19.4. The highest BCUT2D eigenvalue weighted by Crippen LogP contribution is 2.39. The molecule has 0 saturated carbocycles. The monoisotopic (exact) mass is 561 g/mol. The summed E-state index contributed by atoms with van der Waals surface area (Å²) in [4.78, 5) is 28.6. The van der Waals surface area contributed by atoms with Gasteiger partial charge in [0, 0.05) is 54.1 Å². The molecule has 0 spiro atoms. The highest BCUT2D eigenvalue weighted by atomic mass is 35.5. The molecule has 4 heterocycles. The number of likely N-dealkylation sites (N-methyl/N-ethyl adjacent to an activating group) is 1. The third-order valence-corrected chi connectivity index (χ3v) is 8.87. The zero-order valence-corrected chi connectivity index (χ0v) is 23.9. The molecule has 3 atom stereocenters. The predicted octanol–water partition coefficient (Wildman–Crippen LogP) is 4.79. The molecule has 9 heteroatoms. The first kappa shape index (κ1) is 27.0. The summed E-state index contributed by atoms with van der Waals surface area (Å²) in [5, 5.41) is 2.83. The summed E-state index contributed by atoms with van der Waals surface area (Å²) < 4.78 is 12.8. The van der Waals surface area contributed by atoms with Crippen LogP contribution in [0, 0.1) is 0 Å². The number of benzene rings is 2. The van der Waals surface area contributed by atoms with E-state index in [0.717, 1.165) is 51.4 Å². The summed E-state index contributed by atoms with van der Waals surface area (Å²) in [7, 11) is 2.14. The van der Waals surface area contributed by atoms with Gasteiger partial charge < -0.3 is 24.2 Å². The van der Waals surface area contributed by atoms with Crippen molar-refractivity contribution in [2.24, 2.45) is 0 Å². The van der Waals surface area contributed by atoms with Crippen LogP contribution in [-0.2, 0) is 22.6 Å². The number of aromatic nitrogens is 2. The SMILES string of the molecule is C=CC(=O)N1CCN(c2nc(OC[C@@H]3CCCN3C)nc3c2COC(c2cccc4cccc(Cl)c24)C3)[C@@H](C)C1. The lowest BCUT2D eigenvalue weighted by Crippen LogP contribution is -2.54. The van der Waals surface area contributed by atoms with Gasteiger partial charge >= 0.3 is 6.01 Å². The maximum Gasteiger partial charge on any atom is 0.318 e. The van der Waals surface area contributed by atoms with E-state index in [1.807, 2.05) is 17.0 Å². The molecule has 3 aromatic rings. The van der Waals surface area contributed by atoms with Crippen LogP contribution in [0.25, 0.3) is 10.8 Å². The largest absolute Gasteiger partial charge is 0.462 e. The number of amides is 1. The number of hydrogen-bond acceptors (Lipinski definition) is 7. The molecule has 3 aliphatic heterocycles. The van der Waals surface area contributed by atoms with Gasteiger partial charge in [-0.1, -0.05) is 48.5 Å². The molecular weight excluding hydrogens is 526 g/mol. The highest BCUT2D eigenvalue weighted by molar-refractivity contribution is 6.35. The number of carbonyl (C=O) groups is 1. The lowest BCUT2D eigenvalue weighted by molar-refractivity contribution is -0.126. The van der Waals surface area contributed by atoms with E-state index in [9.17, 15) is 4.79 Å². The number of ether oxygens (including phenoxy) is 2. The maximum atomic E-state index is 12.3. The van der Waals surface area contributed by atoms with Crippen LogP contribution in [-0.4, -0.2) is 77.6 Å². The molecule has 3 aliphatic rings. The Kier molecular flexibility index (Phi) is 7.66. The van der Waals surface area contributed by atoms with E-state index in [4.69, 9.17) is 31.0 Å². The Hall–Kier alpha value is -3.20. The summed E-state index contributed by atoms with van der Waals surface area (Å²) >= 11 is 6.66. The van der Waals surface area contributed by atoms with E-state index in [0.29, 0.717) is 51.3 Å². The van der Waals surface area contributed by atoms with Crippen LogP contribution in [0.2, 0.25) is 5.02 Å². The second-order valence-electron chi connectivity index (χ2n) is 11.1. The van der Waals surface area contributed by atoms with Crippen molar-refractivity contribution >= 4 is 34.1 Å². The highest BCUT2D eigenvalue weighted by Gasteiger charge is 2.33. The number of piperazine rings is 1. The quantitative estimate of drug-likeness (QED) is 0.401. The molecule has 0 bridgehead atoms. The molecule has 2 fully saturated rings. The Labute approximate surface area is 240 Å². The van der Waals surface area contributed by atoms with Crippen molar-refractivity contribution in [2.45, 2.75) is 51.0 Å². The number of nitrogens with zero attached hydrogens (tertiary/aromatic N) is 5. The summed E-state index contributed by atoms with van der Waals surface area (Å²) in [6, 6.07) is 13.0. The summed E-state index contributed by atoms with van der Waals surface area (Å²) in [6.45, 7) is 9.68. The number of hydrogen-bond donors (Lipinski definition) is 0. The van der Waals surface area contributed by atoms with Crippen molar-refractivity contribution in [1.29, 1.82) is 0 Å². The molecule has 0 aliphatic carbocycles. The number of anilines is 1. The molecule has 40 heavy (non-hydrogen) atoms. The predicted molar refractivity (Wildman–Crippen MR) is 157 cm³/mol. The molecule has 6 rings (SSSR count).